The van der Waals surface area contributed by atoms with Crippen LogP contribution >= 0.6 is 11.6 Å². The highest BCUT2D eigenvalue weighted by Crippen LogP contribution is 2.28. The van der Waals surface area contributed by atoms with Crippen LogP contribution in [0.4, 0.5) is 11.4 Å². The first-order chi connectivity index (χ1) is 11.1. The Morgan fingerprint density at radius 3 is 2.70 bits per heavy atom. The molecule has 1 aliphatic rings. The van der Waals surface area contributed by atoms with E-state index in [0.717, 1.165) is 0 Å². The summed E-state index contributed by atoms with van der Waals surface area (Å²) in [7, 11) is 1.54. The van der Waals surface area contributed by atoms with E-state index in [1.54, 1.807) is 48.5 Å². The lowest BCUT2D eigenvalue weighted by Crippen LogP contribution is -2.34. The third-order valence-electron chi connectivity index (χ3n) is 3.62. The molecule has 23 heavy (non-hydrogen) atoms. The Morgan fingerprint density at radius 2 is 1.96 bits per heavy atom. The van der Waals surface area contributed by atoms with E-state index in [9.17, 15) is 9.59 Å². The number of nitrogens with one attached hydrogen (secondary N) is 1. The molecule has 1 N–H and O–H groups in total. The summed E-state index contributed by atoms with van der Waals surface area (Å²) in [6.45, 7) is 0. The summed E-state index contributed by atoms with van der Waals surface area (Å²) < 4.78 is 5.14. The third kappa shape index (κ3) is 3.14. The molecule has 2 aromatic rings. The summed E-state index contributed by atoms with van der Waals surface area (Å²) >= 11 is 5.94. The summed E-state index contributed by atoms with van der Waals surface area (Å²) in [5.41, 5.74) is 1.21. The van der Waals surface area contributed by atoms with E-state index in [-0.39, 0.29) is 18.2 Å². The molecule has 1 atom stereocenters. The minimum absolute atomic E-state index is 0.0998. The molecule has 1 unspecified atom stereocenters. The minimum atomic E-state index is -0.604. The highest BCUT2D eigenvalue weighted by Gasteiger charge is 2.39. The first-order valence-electron chi connectivity index (χ1n) is 7.11. The standard InChI is InChI=1S/C17H15ClN2O3/c1-23-14-7-3-6-13(9-14)20-16(21)10-15(17(20)22)19-12-5-2-4-11(18)8-12/h2-9,15,19H,10H2,1H3. The Balaban J connectivity index is 1.82. The number of carbonyl (C=O) groups excluding carboxylic acids is 2. The molecule has 0 aliphatic carbocycles. The number of nitrogens with zero attached hydrogens (tertiary/aromatic N) is 1. The molecule has 0 spiro atoms. The zero-order chi connectivity index (χ0) is 16.4. The van der Waals surface area contributed by atoms with Crippen LogP contribution in [-0.4, -0.2) is 25.0 Å². The summed E-state index contributed by atoms with van der Waals surface area (Å²) in [5.74, 6) is 0.0559. The van der Waals surface area contributed by atoms with Crippen LogP contribution in [0.2, 0.25) is 5.02 Å². The van der Waals surface area contributed by atoms with Gasteiger partial charge >= 0.3 is 0 Å². The molecule has 3 rings (SSSR count). The number of carbonyl (C=O) groups is 2. The summed E-state index contributed by atoms with van der Waals surface area (Å²) in [5, 5.41) is 3.63. The van der Waals surface area contributed by atoms with E-state index >= 15 is 0 Å². The van der Waals surface area contributed by atoms with Crippen molar-refractivity contribution in [1.29, 1.82) is 0 Å². The van der Waals surface area contributed by atoms with Gasteiger partial charge in [0.15, 0.2) is 0 Å². The molecule has 0 saturated carbocycles. The third-order valence-corrected chi connectivity index (χ3v) is 3.86. The van der Waals surface area contributed by atoms with Crippen molar-refractivity contribution in [2.45, 2.75) is 12.5 Å². The van der Waals surface area contributed by atoms with Gasteiger partial charge in [-0.05, 0) is 30.3 Å². The van der Waals surface area contributed by atoms with Crippen molar-refractivity contribution in [3.8, 4) is 5.75 Å². The summed E-state index contributed by atoms with van der Waals surface area (Å²) in [6.07, 6.45) is 0.0998. The van der Waals surface area contributed by atoms with Crippen LogP contribution in [0.15, 0.2) is 48.5 Å². The van der Waals surface area contributed by atoms with Gasteiger partial charge in [0, 0.05) is 16.8 Å². The molecular weight excluding hydrogens is 316 g/mol. The van der Waals surface area contributed by atoms with Crippen molar-refractivity contribution in [2.24, 2.45) is 0 Å². The van der Waals surface area contributed by atoms with Gasteiger partial charge in [0.25, 0.3) is 5.91 Å². The van der Waals surface area contributed by atoms with Gasteiger partial charge in [0.1, 0.15) is 11.8 Å². The van der Waals surface area contributed by atoms with Crippen LogP contribution in [0, 0.1) is 0 Å². The van der Waals surface area contributed by atoms with Crippen LogP contribution in [0.5, 0.6) is 5.75 Å². The largest absolute Gasteiger partial charge is 0.497 e. The van der Waals surface area contributed by atoms with Crippen LogP contribution in [-0.2, 0) is 9.59 Å². The number of amides is 2. The van der Waals surface area contributed by atoms with Gasteiger partial charge in [-0.2, -0.15) is 0 Å². The molecule has 0 aromatic heterocycles. The zero-order valence-corrected chi connectivity index (χ0v) is 13.2. The van der Waals surface area contributed by atoms with Gasteiger partial charge in [-0.3, -0.25) is 9.59 Å². The van der Waals surface area contributed by atoms with Gasteiger partial charge in [-0.1, -0.05) is 23.7 Å². The molecule has 6 heteroatoms. The number of hydrogen-bond acceptors (Lipinski definition) is 4. The topological polar surface area (TPSA) is 58.6 Å². The smallest absolute Gasteiger partial charge is 0.256 e. The average Bonchev–Trinajstić information content (AvgIpc) is 2.81. The van der Waals surface area contributed by atoms with Gasteiger partial charge in [0.2, 0.25) is 5.91 Å². The molecule has 2 amide bonds. The minimum Gasteiger partial charge on any atom is -0.497 e. The van der Waals surface area contributed by atoms with Crippen molar-refractivity contribution >= 4 is 34.8 Å². The monoisotopic (exact) mass is 330 g/mol. The first-order valence-corrected chi connectivity index (χ1v) is 7.49. The normalized spacial score (nSPS) is 17.5. The van der Waals surface area contributed by atoms with Gasteiger partial charge < -0.3 is 10.1 Å². The highest BCUT2D eigenvalue weighted by molar-refractivity contribution is 6.30. The molecule has 1 heterocycles. The first kappa shape index (κ1) is 15.4. The Kier molecular flexibility index (Phi) is 4.21. The Morgan fingerprint density at radius 1 is 1.17 bits per heavy atom. The van der Waals surface area contributed by atoms with E-state index in [4.69, 9.17) is 16.3 Å². The fourth-order valence-corrected chi connectivity index (χ4v) is 2.74. The second kappa shape index (κ2) is 6.30. The number of methoxy groups -OCH3 is 1. The molecule has 0 radical (unpaired) electrons. The Labute approximate surface area is 138 Å². The fourth-order valence-electron chi connectivity index (χ4n) is 2.54. The molecule has 1 fully saturated rings. The fraction of sp³-hybridized carbons (Fsp3) is 0.176. The maximum absolute atomic E-state index is 12.6. The number of anilines is 2. The van der Waals surface area contributed by atoms with Crippen LogP contribution in [0.3, 0.4) is 0 Å². The number of imide groups is 1. The molecule has 1 aliphatic heterocycles. The number of benzene rings is 2. The summed E-state index contributed by atoms with van der Waals surface area (Å²) in [6, 6.07) is 13.3. The lowest BCUT2D eigenvalue weighted by atomic mass is 10.2. The molecular formula is C17H15ClN2O3. The van der Waals surface area contributed by atoms with Crippen LogP contribution in [0.25, 0.3) is 0 Å². The predicted octanol–water partition coefficient (Wildman–Crippen LogP) is 3.09. The molecule has 0 bridgehead atoms. The lowest BCUT2D eigenvalue weighted by Gasteiger charge is -2.16. The van der Waals surface area contributed by atoms with Gasteiger partial charge in [-0.15, -0.1) is 0 Å². The predicted molar refractivity (Wildman–Crippen MR) is 89.0 cm³/mol. The van der Waals surface area contributed by atoms with Gasteiger partial charge in [0.05, 0.1) is 19.2 Å². The van der Waals surface area contributed by atoms with Gasteiger partial charge in [-0.25, -0.2) is 4.90 Å². The number of hydrogen-bond donors (Lipinski definition) is 1. The second-order valence-corrected chi connectivity index (χ2v) is 5.62. The number of rotatable bonds is 4. The summed E-state index contributed by atoms with van der Waals surface area (Å²) in [4.78, 5) is 26.0. The van der Waals surface area contributed by atoms with Crippen molar-refractivity contribution in [3.05, 3.63) is 53.6 Å². The molecule has 5 nitrogen and oxygen atoms in total. The Hall–Kier alpha value is -2.53. The van der Waals surface area contributed by atoms with Crippen LogP contribution in [0.1, 0.15) is 6.42 Å². The van der Waals surface area contributed by atoms with E-state index in [0.29, 0.717) is 22.1 Å². The molecule has 1 saturated heterocycles. The average molecular weight is 331 g/mol. The molecule has 2 aromatic carbocycles. The highest BCUT2D eigenvalue weighted by atomic mass is 35.5. The van der Waals surface area contributed by atoms with Crippen molar-refractivity contribution < 1.29 is 14.3 Å². The molecule has 118 valence electrons. The maximum Gasteiger partial charge on any atom is 0.256 e. The van der Waals surface area contributed by atoms with Crippen LogP contribution < -0.4 is 15.0 Å². The Bertz CT molecular complexity index is 763. The van der Waals surface area contributed by atoms with Crippen molar-refractivity contribution in [2.75, 3.05) is 17.3 Å². The number of ether oxygens (including phenoxy) is 1. The van der Waals surface area contributed by atoms with E-state index < -0.39 is 6.04 Å². The second-order valence-electron chi connectivity index (χ2n) is 5.18. The quantitative estimate of drug-likeness (QED) is 0.875. The maximum atomic E-state index is 12.6. The SMILES string of the molecule is COc1cccc(N2C(=O)CC(Nc3cccc(Cl)c3)C2=O)c1. The van der Waals surface area contributed by atoms with Crippen molar-refractivity contribution in [1.82, 2.24) is 0 Å². The van der Waals surface area contributed by atoms with E-state index in [1.807, 2.05) is 0 Å². The number of halogens is 1. The van der Waals surface area contributed by atoms with E-state index in [2.05, 4.69) is 5.32 Å². The zero-order valence-electron chi connectivity index (χ0n) is 12.5. The van der Waals surface area contributed by atoms with E-state index in [1.165, 1.54) is 12.0 Å². The van der Waals surface area contributed by atoms with Crippen molar-refractivity contribution in [3.63, 3.8) is 0 Å². The lowest BCUT2D eigenvalue weighted by molar-refractivity contribution is -0.121.